The quantitative estimate of drug-likeness (QED) is 0.102. The molecule has 1 fully saturated rings. The van der Waals surface area contributed by atoms with Crippen LogP contribution < -0.4 is 45.9 Å². The molecule has 2 aromatic carbocycles. The van der Waals surface area contributed by atoms with E-state index in [-0.39, 0.29) is 55.0 Å². The van der Waals surface area contributed by atoms with Gasteiger partial charge in [-0.3, -0.25) is 9.59 Å². The van der Waals surface area contributed by atoms with E-state index in [4.69, 9.17) is 29.4 Å². The summed E-state index contributed by atoms with van der Waals surface area (Å²) >= 11 is 0. The fourth-order valence-electron chi connectivity index (χ4n) is 6.58. The van der Waals surface area contributed by atoms with Crippen molar-refractivity contribution in [1.29, 1.82) is 0 Å². The number of fused-ring (bicyclic) bond motifs is 3. The molecule has 0 saturated carbocycles. The van der Waals surface area contributed by atoms with Crippen LogP contribution in [0.4, 0.5) is 0 Å². The van der Waals surface area contributed by atoms with Crippen LogP contribution >= 0.6 is 0 Å². The summed E-state index contributed by atoms with van der Waals surface area (Å²) in [6, 6.07) is 6.69. The lowest BCUT2D eigenvalue weighted by Crippen LogP contribution is -2.45. The molecule has 0 spiro atoms. The molecule has 0 radical (unpaired) electrons. The smallest absolute Gasteiger partial charge is 0.310 e. The Morgan fingerprint density at radius 3 is 2.13 bits per heavy atom. The summed E-state index contributed by atoms with van der Waals surface area (Å²) in [4.78, 5) is 26.6. The van der Waals surface area contributed by atoms with E-state index < -0.39 is 17.9 Å². The van der Waals surface area contributed by atoms with Gasteiger partial charge < -0.3 is 55.8 Å². The third-order valence-electron chi connectivity index (χ3n) is 8.87. The maximum atomic E-state index is 13.3. The molecular weight excluding hydrogens is 594 g/mol. The van der Waals surface area contributed by atoms with Crippen molar-refractivity contribution in [2.75, 3.05) is 73.4 Å². The van der Waals surface area contributed by atoms with Gasteiger partial charge in [0.05, 0.1) is 39.3 Å². The number of rotatable bonds is 18. The largest absolute Gasteiger partial charge is 0.502 e. The van der Waals surface area contributed by atoms with Crippen molar-refractivity contribution in [3.63, 3.8) is 0 Å². The van der Waals surface area contributed by atoms with Gasteiger partial charge in [0.25, 0.3) is 0 Å². The standard InChI is InChI=1S/C33H47N5O8/c1-42-26-13-20(14-27(43-2)32(26)40)29-21-15-24-25(46-19-45-24)16-22(21)31(23-18-44-33(41)30(23)29)38-28(39)17-37-12-6-11-36-9-4-3-8-35-10-5-7-34/h13-16,23,29-31,35-37,40H,3-12,17-19,34H2,1-2H3,(H,38,39)/t23-,29+,30-,31+/m0/s1. The number of esters is 1. The average Bonchev–Trinajstić information content (AvgIpc) is 3.68. The molecule has 1 amide bonds. The first-order valence-corrected chi connectivity index (χ1v) is 16.1. The highest BCUT2D eigenvalue weighted by molar-refractivity contribution is 5.81. The van der Waals surface area contributed by atoms with Crippen LogP contribution in [0.2, 0.25) is 0 Å². The first-order valence-electron chi connectivity index (χ1n) is 16.1. The maximum Gasteiger partial charge on any atom is 0.310 e. The molecule has 1 aliphatic carbocycles. The molecule has 5 rings (SSSR count). The number of nitrogens with one attached hydrogen (secondary N) is 4. The van der Waals surface area contributed by atoms with Crippen LogP contribution in [0.15, 0.2) is 24.3 Å². The number of cyclic esters (lactones) is 1. The Bertz CT molecular complexity index is 1330. The van der Waals surface area contributed by atoms with Crippen LogP contribution in [0.5, 0.6) is 28.7 Å². The number of carbonyl (C=O) groups is 2. The van der Waals surface area contributed by atoms with Crippen LogP contribution in [0.3, 0.4) is 0 Å². The molecular formula is C33H47N5O8. The van der Waals surface area contributed by atoms with E-state index in [1.807, 2.05) is 12.1 Å². The normalized spacial score (nSPS) is 21.0. The number of ether oxygens (including phenoxy) is 5. The number of amides is 1. The van der Waals surface area contributed by atoms with E-state index in [2.05, 4.69) is 21.3 Å². The van der Waals surface area contributed by atoms with Crippen LogP contribution in [0, 0.1) is 11.8 Å². The number of hydrogen-bond acceptors (Lipinski definition) is 12. The van der Waals surface area contributed by atoms with Gasteiger partial charge in [0.1, 0.15) is 0 Å². The predicted molar refractivity (Wildman–Crippen MR) is 171 cm³/mol. The van der Waals surface area contributed by atoms with E-state index >= 15 is 0 Å². The molecule has 0 bridgehead atoms. The molecule has 2 aromatic rings. The highest BCUT2D eigenvalue weighted by Crippen LogP contribution is 2.55. The number of hydrogen-bond donors (Lipinski definition) is 6. The predicted octanol–water partition coefficient (Wildman–Crippen LogP) is 1.52. The molecule has 0 unspecified atom stereocenters. The number of methoxy groups -OCH3 is 2. The summed E-state index contributed by atoms with van der Waals surface area (Å²) in [6.45, 7) is 5.62. The minimum Gasteiger partial charge on any atom is -0.502 e. The second kappa shape index (κ2) is 16.2. The lowest BCUT2D eigenvalue weighted by atomic mass is 9.65. The van der Waals surface area contributed by atoms with Crippen molar-refractivity contribution in [1.82, 2.24) is 21.3 Å². The Morgan fingerprint density at radius 1 is 0.870 bits per heavy atom. The van der Waals surface area contributed by atoms with Gasteiger partial charge in [-0.1, -0.05) is 0 Å². The molecule has 1 saturated heterocycles. The number of nitrogens with two attached hydrogens (primary N) is 1. The minimum absolute atomic E-state index is 0.0842. The minimum atomic E-state index is -0.599. The highest BCUT2D eigenvalue weighted by Gasteiger charge is 2.53. The molecule has 13 heteroatoms. The third-order valence-corrected chi connectivity index (χ3v) is 8.87. The Hall–Kier alpha value is -3.78. The van der Waals surface area contributed by atoms with Gasteiger partial charge in [-0.2, -0.15) is 0 Å². The second-order valence-electron chi connectivity index (χ2n) is 11.8. The van der Waals surface area contributed by atoms with Crippen molar-refractivity contribution >= 4 is 11.9 Å². The van der Waals surface area contributed by atoms with Gasteiger partial charge in [0.15, 0.2) is 23.0 Å². The van der Waals surface area contributed by atoms with Crippen molar-refractivity contribution in [3.8, 4) is 28.7 Å². The maximum absolute atomic E-state index is 13.3. The summed E-state index contributed by atoms with van der Waals surface area (Å²) in [5, 5.41) is 23.8. The Kier molecular flexibility index (Phi) is 11.8. The number of benzene rings is 2. The lowest BCUT2D eigenvalue weighted by molar-refractivity contribution is -0.141. The molecule has 46 heavy (non-hydrogen) atoms. The third kappa shape index (κ3) is 7.60. The summed E-state index contributed by atoms with van der Waals surface area (Å²) in [6.07, 6.45) is 4.13. The Labute approximate surface area is 269 Å². The summed E-state index contributed by atoms with van der Waals surface area (Å²) in [5.41, 5.74) is 7.84. The monoisotopic (exact) mass is 641 g/mol. The van der Waals surface area contributed by atoms with Crippen molar-refractivity contribution < 1.29 is 38.4 Å². The van der Waals surface area contributed by atoms with Gasteiger partial charge >= 0.3 is 5.97 Å². The van der Waals surface area contributed by atoms with Crippen LogP contribution in [-0.2, 0) is 14.3 Å². The van der Waals surface area contributed by atoms with E-state index in [0.29, 0.717) is 23.6 Å². The number of unbranched alkanes of at least 4 members (excludes halogenated alkanes) is 1. The van der Waals surface area contributed by atoms with Gasteiger partial charge in [-0.15, -0.1) is 0 Å². The highest BCUT2D eigenvalue weighted by atomic mass is 16.7. The molecule has 4 atom stereocenters. The molecule has 13 nitrogen and oxygen atoms in total. The number of phenols is 1. The molecule has 0 aromatic heterocycles. The van der Waals surface area contributed by atoms with Gasteiger partial charge in [-0.05, 0) is 106 Å². The Balaban J connectivity index is 1.23. The van der Waals surface area contributed by atoms with Crippen molar-refractivity contribution in [2.24, 2.45) is 17.6 Å². The fourth-order valence-corrected chi connectivity index (χ4v) is 6.58. The fraction of sp³-hybridized carbons (Fsp3) is 0.576. The molecule has 2 heterocycles. The van der Waals surface area contributed by atoms with E-state index in [1.165, 1.54) is 14.2 Å². The van der Waals surface area contributed by atoms with Crippen LogP contribution in [-0.4, -0.2) is 90.4 Å². The van der Waals surface area contributed by atoms with Gasteiger partial charge in [0, 0.05) is 11.8 Å². The zero-order valence-electron chi connectivity index (χ0n) is 26.7. The summed E-state index contributed by atoms with van der Waals surface area (Å²) in [5.74, 6) is -0.468. The lowest BCUT2D eigenvalue weighted by Gasteiger charge is -2.39. The second-order valence-corrected chi connectivity index (χ2v) is 11.8. The molecule has 7 N–H and O–H groups in total. The van der Waals surface area contributed by atoms with E-state index in [1.54, 1.807) is 12.1 Å². The first-order chi connectivity index (χ1) is 22.5. The molecule has 2 aliphatic heterocycles. The molecule has 3 aliphatic rings. The topological polar surface area (TPSA) is 175 Å². The van der Waals surface area contributed by atoms with Crippen molar-refractivity contribution in [2.45, 2.75) is 37.6 Å². The van der Waals surface area contributed by atoms with Gasteiger partial charge in [-0.25, -0.2) is 0 Å². The molecule has 252 valence electrons. The SMILES string of the molecule is COc1cc([C@@H]2c3cc4c(cc3[C@@H](NC(=O)CNCCCNCCCCNCCCN)[C@H]3COC(=O)[C@H]23)OCO4)cc(OC)c1O. The van der Waals surface area contributed by atoms with Crippen LogP contribution in [0.1, 0.15) is 54.3 Å². The number of aromatic hydroxyl groups is 1. The first kappa shape index (κ1) is 33.6. The zero-order valence-corrected chi connectivity index (χ0v) is 26.7. The van der Waals surface area contributed by atoms with E-state index in [0.717, 1.165) is 69.5 Å². The summed E-state index contributed by atoms with van der Waals surface area (Å²) in [7, 11) is 2.92. The number of carbonyl (C=O) groups excluding carboxylic acids is 2. The summed E-state index contributed by atoms with van der Waals surface area (Å²) < 4.78 is 27.9. The Morgan fingerprint density at radius 2 is 1.48 bits per heavy atom. The zero-order chi connectivity index (χ0) is 32.5. The van der Waals surface area contributed by atoms with Gasteiger partial charge in [0.2, 0.25) is 18.4 Å². The van der Waals surface area contributed by atoms with E-state index in [9.17, 15) is 14.7 Å². The van der Waals surface area contributed by atoms with Crippen molar-refractivity contribution in [3.05, 3.63) is 41.0 Å². The average molecular weight is 642 g/mol. The van der Waals surface area contributed by atoms with Crippen LogP contribution in [0.25, 0.3) is 0 Å². The number of phenolic OH excluding ortho intramolecular Hbond substituents is 1.